The summed E-state index contributed by atoms with van der Waals surface area (Å²) in [6, 6.07) is 8.69. The third-order valence-electron chi connectivity index (χ3n) is 5.10. The fourth-order valence-corrected chi connectivity index (χ4v) is 5.15. The lowest BCUT2D eigenvalue weighted by Crippen LogP contribution is -3.19. The molecular weight excluding hydrogens is 350 g/mol. The maximum Gasteiger partial charge on any atom is 0.281 e. The highest BCUT2D eigenvalue weighted by Crippen LogP contribution is 2.15. The molecule has 0 radical (unpaired) electrons. The third-order valence-corrected chi connectivity index (χ3v) is 7.01. The van der Waals surface area contributed by atoms with Crippen molar-refractivity contribution in [2.75, 3.05) is 26.2 Å². The van der Waals surface area contributed by atoms with Gasteiger partial charge in [-0.15, -0.1) is 0 Å². The molecule has 0 aliphatic carbocycles. The van der Waals surface area contributed by atoms with Gasteiger partial charge in [-0.05, 0) is 46.8 Å². The maximum atomic E-state index is 12.9. The lowest BCUT2D eigenvalue weighted by atomic mass is 10.1. The van der Waals surface area contributed by atoms with Crippen LogP contribution in [0.25, 0.3) is 0 Å². The summed E-state index contributed by atoms with van der Waals surface area (Å²) in [5, 5.41) is 0. The van der Waals surface area contributed by atoms with Crippen molar-refractivity contribution < 1.29 is 18.1 Å². The number of amides is 1. The Labute approximate surface area is 157 Å². The first-order valence-corrected chi connectivity index (χ1v) is 10.8. The van der Waals surface area contributed by atoms with Crippen LogP contribution in [0.3, 0.4) is 0 Å². The summed E-state index contributed by atoms with van der Waals surface area (Å²) >= 11 is 0. The molecule has 2 rings (SSSR count). The maximum absolute atomic E-state index is 12.9. The number of benzene rings is 1. The topological polar surface area (TPSA) is 62.1 Å². The van der Waals surface area contributed by atoms with E-state index >= 15 is 0 Å². The van der Waals surface area contributed by atoms with Gasteiger partial charge in [-0.3, -0.25) is 4.79 Å². The van der Waals surface area contributed by atoms with Gasteiger partial charge in [-0.25, -0.2) is 8.42 Å². The van der Waals surface area contributed by atoms with E-state index in [-0.39, 0.29) is 24.0 Å². The second-order valence-electron chi connectivity index (χ2n) is 7.53. The van der Waals surface area contributed by atoms with Crippen molar-refractivity contribution in [1.82, 2.24) is 9.21 Å². The van der Waals surface area contributed by atoms with Crippen LogP contribution in [-0.2, 0) is 14.8 Å². The Morgan fingerprint density at radius 2 is 1.50 bits per heavy atom. The highest BCUT2D eigenvalue weighted by Gasteiger charge is 2.36. The van der Waals surface area contributed by atoms with E-state index in [1.807, 2.05) is 45.6 Å². The van der Waals surface area contributed by atoms with Gasteiger partial charge in [0, 0.05) is 12.1 Å². The smallest absolute Gasteiger partial charge is 0.281 e. The third kappa shape index (κ3) is 4.45. The van der Waals surface area contributed by atoms with Crippen LogP contribution in [-0.4, -0.2) is 67.8 Å². The number of rotatable bonds is 6. The number of nitrogens with one attached hydrogen (secondary N) is 1. The van der Waals surface area contributed by atoms with Crippen molar-refractivity contribution in [3.63, 3.8) is 0 Å². The molecule has 0 unspecified atom stereocenters. The number of piperazine rings is 1. The minimum Gasteiger partial charge on any atom is -0.333 e. The predicted molar refractivity (Wildman–Crippen MR) is 102 cm³/mol. The molecule has 7 heteroatoms. The van der Waals surface area contributed by atoms with Gasteiger partial charge in [0.2, 0.25) is 10.0 Å². The summed E-state index contributed by atoms with van der Waals surface area (Å²) < 4.78 is 27.0. The summed E-state index contributed by atoms with van der Waals surface area (Å²) in [5.74, 6) is 0.143. The Balaban J connectivity index is 2.03. The van der Waals surface area contributed by atoms with E-state index in [2.05, 4.69) is 0 Å². The zero-order valence-electron chi connectivity index (χ0n) is 16.5. The van der Waals surface area contributed by atoms with Crippen LogP contribution in [0.4, 0.5) is 0 Å². The Morgan fingerprint density at radius 1 is 1.00 bits per heavy atom. The van der Waals surface area contributed by atoms with Crippen molar-refractivity contribution in [1.29, 1.82) is 0 Å². The first-order valence-electron chi connectivity index (χ1n) is 9.38. The van der Waals surface area contributed by atoms with Crippen LogP contribution in [0.2, 0.25) is 0 Å². The molecule has 6 nitrogen and oxygen atoms in total. The van der Waals surface area contributed by atoms with Gasteiger partial charge in [0.15, 0.2) is 6.04 Å². The average molecular weight is 383 g/mol. The van der Waals surface area contributed by atoms with E-state index in [0.717, 1.165) is 4.90 Å². The van der Waals surface area contributed by atoms with Gasteiger partial charge < -0.3 is 9.80 Å². The number of sulfonamides is 1. The summed E-state index contributed by atoms with van der Waals surface area (Å²) in [6.07, 6.45) is 0. The second kappa shape index (κ2) is 8.50. The molecule has 146 valence electrons. The van der Waals surface area contributed by atoms with Crippen molar-refractivity contribution in [2.24, 2.45) is 0 Å². The van der Waals surface area contributed by atoms with E-state index in [0.29, 0.717) is 31.1 Å². The fourth-order valence-electron chi connectivity index (χ4n) is 3.69. The van der Waals surface area contributed by atoms with Gasteiger partial charge >= 0.3 is 0 Å². The summed E-state index contributed by atoms with van der Waals surface area (Å²) in [4.78, 5) is 16.3. The van der Waals surface area contributed by atoms with Crippen LogP contribution in [0.15, 0.2) is 35.2 Å². The standard InChI is InChI=1S/C19H31N3O3S/c1-15(2)22(16(3)4)19(23)17(5)20-11-13-21(14-12-20)26(24,25)18-9-7-6-8-10-18/h6-10,15-17H,11-14H2,1-5H3/p+1/t17-/m1/s1. The number of carbonyl (C=O) groups excluding carboxylic acids is 1. The number of carbonyl (C=O) groups is 1. The van der Waals surface area contributed by atoms with Crippen LogP contribution < -0.4 is 4.90 Å². The average Bonchev–Trinajstić information content (AvgIpc) is 2.61. The Morgan fingerprint density at radius 3 is 1.96 bits per heavy atom. The molecule has 0 saturated carbocycles. The lowest BCUT2D eigenvalue weighted by Gasteiger charge is -2.38. The molecular formula is C19H32N3O3S+. The minimum atomic E-state index is -3.45. The molecule has 1 aliphatic rings. The van der Waals surface area contributed by atoms with Crippen molar-refractivity contribution in [3.8, 4) is 0 Å². The van der Waals surface area contributed by atoms with Crippen molar-refractivity contribution in [2.45, 2.75) is 57.6 Å². The molecule has 1 heterocycles. The lowest BCUT2D eigenvalue weighted by molar-refractivity contribution is -0.918. The normalized spacial score (nSPS) is 18.3. The fraction of sp³-hybridized carbons (Fsp3) is 0.632. The second-order valence-corrected chi connectivity index (χ2v) is 9.47. The van der Waals surface area contributed by atoms with E-state index in [1.54, 1.807) is 24.3 Å². The predicted octanol–water partition coefficient (Wildman–Crippen LogP) is 0.610. The highest BCUT2D eigenvalue weighted by molar-refractivity contribution is 7.89. The Hall–Kier alpha value is -1.44. The largest absolute Gasteiger partial charge is 0.333 e. The monoisotopic (exact) mass is 382 g/mol. The molecule has 1 atom stereocenters. The van der Waals surface area contributed by atoms with Gasteiger partial charge in [0.1, 0.15) is 0 Å². The zero-order chi connectivity index (χ0) is 19.5. The SMILES string of the molecule is CC(C)N(C(=O)[C@@H](C)[NH+]1CCN(S(=O)(=O)c2ccccc2)CC1)C(C)C. The van der Waals surface area contributed by atoms with Crippen molar-refractivity contribution >= 4 is 15.9 Å². The van der Waals surface area contributed by atoms with Crippen molar-refractivity contribution in [3.05, 3.63) is 30.3 Å². The molecule has 26 heavy (non-hydrogen) atoms. The molecule has 0 spiro atoms. The summed E-state index contributed by atoms with van der Waals surface area (Å²) in [7, 11) is -3.45. The highest BCUT2D eigenvalue weighted by atomic mass is 32.2. The van der Waals surface area contributed by atoms with Gasteiger partial charge in [-0.2, -0.15) is 4.31 Å². The molecule has 1 fully saturated rings. The Kier molecular flexibility index (Phi) is 6.82. The minimum absolute atomic E-state index is 0.143. The van der Waals surface area contributed by atoms with Gasteiger partial charge in [-0.1, -0.05) is 18.2 Å². The molecule has 1 amide bonds. The van der Waals surface area contributed by atoms with Crippen LogP contribution in [0.5, 0.6) is 0 Å². The van der Waals surface area contributed by atoms with E-state index in [9.17, 15) is 13.2 Å². The number of nitrogens with zero attached hydrogens (tertiary/aromatic N) is 2. The van der Waals surface area contributed by atoms with E-state index in [1.165, 1.54) is 4.31 Å². The molecule has 1 aromatic rings. The van der Waals surface area contributed by atoms with E-state index in [4.69, 9.17) is 0 Å². The molecule has 1 aliphatic heterocycles. The van der Waals surface area contributed by atoms with Crippen LogP contribution >= 0.6 is 0 Å². The summed E-state index contributed by atoms with van der Waals surface area (Å²) in [6.45, 7) is 12.2. The zero-order valence-corrected chi connectivity index (χ0v) is 17.3. The van der Waals surface area contributed by atoms with Gasteiger partial charge in [0.25, 0.3) is 5.91 Å². The van der Waals surface area contributed by atoms with Gasteiger partial charge in [0.05, 0.1) is 31.1 Å². The molecule has 0 aromatic heterocycles. The number of quaternary nitrogens is 1. The first-order chi connectivity index (χ1) is 12.2. The number of hydrogen-bond donors (Lipinski definition) is 1. The van der Waals surface area contributed by atoms with Crippen LogP contribution in [0.1, 0.15) is 34.6 Å². The molecule has 0 bridgehead atoms. The molecule has 1 N–H and O–H groups in total. The summed E-state index contributed by atoms with van der Waals surface area (Å²) in [5.41, 5.74) is 0. The first kappa shape index (κ1) is 20.9. The molecule has 1 aromatic carbocycles. The number of hydrogen-bond acceptors (Lipinski definition) is 3. The molecule has 1 saturated heterocycles. The van der Waals surface area contributed by atoms with Crippen LogP contribution in [0, 0.1) is 0 Å². The van der Waals surface area contributed by atoms with E-state index < -0.39 is 10.0 Å². The Bertz CT molecular complexity index is 688. The quantitative estimate of drug-likeness (QED) is 0.784.